The van der Waals surface area contributed by atoms with Gasteiger partial charge in [0.25, 0.3) is 0 Å². The van der Waals surface area contributed by atoms with E-state index in [0.29, 0.717) is 5.02 Å². The van der Waals surface area contributed by atoms with Crippen LogP contribution in [0.5, 0.6) is 5.75 Å². The maximum absolute atomic E-state index is 8.96. The van der Waals surface area contributed by atoms with E-state index in [4.69, 9.17) is 16.7 Å². The smallest absolute Gasteiger partial charge is 0.135 e. The molecule has 0 aromatic heterocycles. The SMILES string of the molecule is Oc1cccc(I)c1Cl. The van der Waals surface area contributed by atoms with Gasteiger partial charge in [0.2, 0.25) is 0 Å². The highest BCUT2D eigenvalue weighted by Gasteiger charge is 1.98. The molecule has 3 heteroatoms. The molecule has 0 aliphatic rings. The van der Waals surface area contributed by atoms with Crippen molar-refractivity contribution in [3.8, 4) is 5.75 Å². The summed E-state index contributed by atoms with van der Waals surface area (Å²) in [5.74, 6) is 0.142. The predicted octanol–water partition coefficient (Wildman–Crippen LogP) is 2.65. The van der Waals surface area contributed by atoms with E-state index in [1.165, 1.54) is 0 Å². The molecule has 0 bridgehead atoms. The second kappa shape index (κ2) is 2.75. The molecule has 0 saturated heterocycles. The summed E-state index contributed by atoms with van der Waals surface area (Å²) in [6, 6.07) is 5.15. The first-order chi connectivity index (χ1) is 4.22. The minimum Gasteiger partial charge on any atom is -0.506 e. The lowest BCUT2D eigenvalue weighted by atomic mass is 10.3. The van der Waals surface area contributed by atoms with Crippen molar-refractivity contribution in [3.05, 3.63) is 26.8 Å². The summed E-state index contributed by atoms with van der Waals surface area (Å²) in [7, 11) is 0. The number of hydrogen-bond donors (Lipinski definition) is 1. The Bertz CT molecular complexity index is 204. The van der Waals surface area contributed by atoms with Gasteiger partial charge in [-0.05, 0) is 34.7 Å². The Labute approximate surface area is 71.8 Å². The molecule has 0 amide bonds. The summed E-state index contributed by atoms with van der Waals surface area (Å²) >= 11 is 7.68. The Kier molecular flexibility index (Phi) is 2.18. The quantitative estimate of drug-likeness (QED) is 0.706. The third-order valence-corrected chi connectivity index (χ3v) is 2.55. The third-order valence-electron chi connectivity index (χ3n) is 0.931. The number of phenols is 1. The molecule has 1 N–H and O–H groups in total. The fourth-order valence-corrected chi connectivity index (χ4v) is 1.10. The van der Waals surface area contributed by atoms with Gasteiger partial charge in [0.1, 0.15) is 5.75 Å². The third kappa shape index (κ3) is 1.49. The predicted molar refractivity (Wildman–Crippen MR) is 45.8 cm³/mol. The molecule has 0 atom stereocenters. The normalized spacial score (nSPS) is 9.56. The van der Waals surface area contributed by atoms with Crippen molar-refractivity contribution in [2.24, 2.45) is 0 Å². The maximum atomic E-state index is 8.96. The van der Waals surface area contributed by atoms with Crippen molar-refractivity contribution in [2.45, 2.75) is 0 Å². The lowest BCUT2D eigenvalue weighted by Gasteiger charge is -1.95. The van der Waals surface area contributed by atoms with E-state index in [9.17, 15) is 0 Å². The van der Waals surface area contributed by atoms with Crippen LogP contribution in [0, 0.1) is 3.57 Å². The summed E-state index contributed by atoms with van der Waals surface area (Å²) in [4.78, 5) is 0. The van der Waals surface area contributed by atoms with E-state index in [-0.39, 0.29) is 5.75 Å². The largest absolute Gasteiger partial charge is 0.506 e. The average Bonchev–Trinajstić information content (AvgIpc) is 1.83. The van der Waals surface area contributed by atoms with E-state index < -0.39 is 0 Å². The number of benzene rings is 1. The molecular formula is C6H4ClIO. The molecule has 1 nitrogen and oxygen atoms in total. The molecule has 48 valence electrons. The molecule has 0 aliphatic heterocycles. The Balaban J connectivity index is 3.25. The lowest BCUT2D eigenvalue weighted by molar-refractivity contribution is 0.475. The van der Waals surface area contributed by atoms with Crippen LogP contribution in [0.15, 0.2) is 18.2 Å². The van der Waals surface area contributed by atoms with Crippen molar-refractivity contribution in [1.29, 1.82) is 0 Å². The topological polar surface area (TPSA) is 20.2 Å². The molecule has 0 unspecified atom stereocenters. The lowest BCUT2D eigenvalue weighted by Crippen LogP contribution is -1.72. The van der Waals surface area contributed by atoms with Crippen molar-refractivity contribution in [1.82, 2.24) is 0 Å². The van der Waals surface area contributed by atoms with Crippen molar-refractivity contribution >= 4 is 34.2 Å². The van der Waals surface area contributed by atoms with Crippen molar-refractivity contribution in [2.75, 3.05) is 0 Å². The van der Waals surface area contributed by atoms with Crippen molar-refractivity contribution < 1.29 is 5.11 Å². The number of halogens is 2. The highest BCUT2D eigenvalue weighted by atomic mass is 127. The second-order valence-corrected chi connectivity index (χ2v) is 3.11. The Morgan fingerprint density at radius 3 is 2.56 bits per heavy atom. The molecule has 9 heavy (non-hydrogen) atoms. The maximum Gasteiger partial charge on any atom is 0.135 e. The summed E-state index contributed by atoms with van der Waals surface area (Å²) in [6.07, 6.45) is 0. The second-order valence-electron chi connectivity index (χ2n) is 1.57. The van der Waals surface area contributed by atoms with Gasteiger partial charge in [-0.3, -0.25) is 0 Å². The van der Waals surface area contributed by atoms with Gasteiger partial charge in [-0.25, -0.2) is 0 Å². The molecule has 0 aliphatic carbocycles. The van der Waals surface area contributed by atoms with Crippen molar-refractivity contribution in [3.63, 3.8) is 0 Å². The van der Waals surface area contributed by atoms with Gasteiger partial charge >= 0.3 is 0 Å². The van der Waals surface area contributed by atoms with Gasteiger partial charge in [0, 0.05) is 3.57 Å². The van der Waals surface area contributed by atoms with Crippen LogP contribution in [0.3, 0.4) is 0 Å². The molecule has 1 aromatic carbocycles. The van der Waals surface area contributed by atoms with E-state index in [0.717, 1.165) is 3.57 Å². The van der Waals surface area contributed by atoms with Crippen LogP contribution < -0.4 is 0 Å². The van der Waals surface area contributed by atoms with Crippen LogP contribution in [-0.2, 0) is 0 Å². The van der Waals surface area contributed by atoms with E-state index >= 15 is 0 Å². The molecule has 1 aromatic rings. The highest BCUT2D eigenvalue weighted by Crippen LogP contribution is 2.27. The standard InChI is InChI=1S/C6H4ClIO/c7-6-4(8)2-1-3-5(6)9/h1-3,9H. The average molecular weight is 254 g/mol. The van der Waals surface area contributed by atoms with E-state index in [1.54, 1.807) is 12.1 Å². The van der Waals surface area contributed by atoms with Crippen LogP contribution in [0.25, 0.3) is 0 Å². The minimum absolute atomic E-state index is 0.142. The molecule has 1 rings (SSSR count). The molecule has 0 saturated carbocycles. The van der Waals surface area contributed by atoms with Crippen LogP contribution in [0.4, 0.5) is 0 Å². The number of aromatic hydroxyl groups is 1. The zero-order valence-corrected chi connectivity index (χ0v) is 7.35. The fraction of sp³-hybridized carbons (Fsp3) is 0. The zero-order valence-electron chi connectivity index (χ0n) is 4.44. The van der Waals surface area contributed by atoms with Crippen LogP contribution in [0.2, 0.25) is 5.02 Å². The number of rotatable bonds is 0. The Morgan fingerprint density at radius 1 is 1.44 bits per heavy atom. The Morgan fingerprint density at radius 2 is 2.11 bits per heavy atom. The molecule has 0 spiro atoms. The number of hydrogen-bond acceptors (Lipinski definition) is 1. The monoisotopic (exact) mass is 254 g/mol. The molecule has 0 radical (unpaired) electrons. The molecular weight excluding hydrogens is 250 g/mol. The van der Waals surface area contributed by atoms with Crippen LogP contribution in [-0.4, -0.2) is 5.11 Å². The Hall–Kier alpha value is 0.0400. The highest BCUT2D eigenvalue weighted by molar-refractivity contribution is 14.1. The van der Waals surface area contributed by atoms with Gasteiger partial charge in [0.15, 0.2) is 0 Å². The van der Waals surface area contributed by atoms with Gasteiger partial charge in [-0.2, -0.15) is 0 Å². The minimum atomic E-state index is 0.142. The zero-order chi connectivity index (χ0) is 6.85. The number of phenolic OH excluding ortho intramolecular Hbond substituents is 1. The van der Waals surface area contributed by atoms with Gasteiger partial charge in [-0.1, -0.05) is 17.7 Å². The fourth-order valence-electron chi connectivity index (χ4n) is 0.492. The van der Waals surface area contributed by atoms with Gasteiger partial charge in [-0.15, -0.1) is 0 Å². The van der Waals surface area contributed by atoms with E-state index in [2.05, 4.69) is 22.6 Å². The summed E-state index contributed by atoms with van der Waals surface area (Å²) in [5.41, 5.74) is 0. The first-order valence-corrected chi connectivity index (χ1v) is 3.80. The van der Waals surface area contributed by atoms with Crippen LogP contribution in [0.1, 0.15) is 0 Å². The summed E-state index contributed by atoms with van der Waals surface area (Å²) in [6.45, 7) is 0. The van der Waals surface area contributed by atoms with Crippen LogP contribution >= 0.6 is 34.2 Å². The van der Waals surface area contributed by atoms with Gasteiger partial charge < -0.3 is 5.11 Å². The molecule has 0 fully saturated rings. The molecule has 0 heterocycles. The van der Waals surface area contributed by atoms with Gasteiger partial charge in [0.05, 0.1) is 5.02 Å². The first-order valence-electron chi connectivity index (χ1n) is 2.35. The summed E-state index contributed by atoms with van der Waals surface area (Å²) in [5, 5.41) is 9.39. The first kappa shape index (κ1) is 7.15. The van der Waals surface area contributed by atoms with E-state index in [1.807, 2.05) is 6.07 Å². The summed E-state index contributed by atoms with van der Waals surface area (Å²) < 4.78 is 0.870.